The fourth-order valence-electron chi connectivity index (χ4n) is 1.40. The van der Waals surface area contributed by atoms with Gasteiger partial charge < -0.3 is 10.6 Å². The minimum Gasteiger partial charge on any atom is -0.327 e. The van der Waals surface area contributed by atoms with Gasteiger partial charge in [-0.1, -0.05) is 41.4 Å². The second-order valence-electron chi connectivity index (χ2n) is 3.41. The van der Waals surface area contributed by atoms with E-state index in [1.807, 2.05) is 0 Å². The van der Waals surface area contributed by atoms with Crippen molar-refractivity contribution in [3.8, 4) is 0 Å². The van der Waals surface area contributed by atoms with Crippen molar-refractivity contribution in [3.63, 3.8) is 0 Å². The summed E-state index contributed by atoms with van der Waals surface area (Å²) in [6.07, 6.45) is -0.760. The van der Waals surface area contributed by atoms with Crippen LogP contribution in [0.2, 0.25) is 0 Å². The quantitative estimate of drug-likeness (QED) is 0.857. The van der Waals surface area contributed by atoms with Crippen molar-refractivity contribution in [2.75, 3.05) is 0 Å². The third-order valence-corrected chi connectivity index (χ3v) is 3.13. The van der Waals surface area contributed by atoms with Gasteiger partial charge in [-0.15, -0.1) is 0 Å². The minimum atomic E-state index is -0.760. The summed E-state index contributed by atoms with van der Waals surface area (Å²) in [4.78, 5) is 22.9. The zero-order chi connectivity index (χ0) is 12.4. The molecule has 1 heterocycles. The van der Waals surface area contributed by atoms with Crippen LogP contribution in [0.15, 0.2) is 40.4 Å². The number of hydrogen-bond acceptors (Lipinski definition) is 2. The Labute approximate surface area is 108 Å². The first-order valence-corrected chi connectivity index (χ1v) is 5.57. The molecule has 1 aromatic carbocycles. The third kappa shape index (κ3) is 2.43. The standard InChI is InChI=1S/C11H8Cl2N2O2/c12-7-8(13)11(17)15-9(7)14-10(16)6-4-2-1-3-5-6/h1-5,9H,(H,14,16)(H,15,17)/t9-/m0/s1. The first-order chi connectivity index (χ1) is 8.09. The lowest BCUT2D eigenvalue weighted by atomic mass is 10.2. The fourth-order valence-corrected chi connectivity index (χ4v) is 1.75. The van der Waals surface area contributed by atoms with Crippen LogP contribution in [-0.4, -0.2) is 18.0 Å². The molecule has 1 aliphatic rings. The van der Waals surface area contributed by atoms with Crippen LogP contribution in [0.5, 0.6) is 0 Å². The minimum absolute atomic E-state index is 0.0926. The average Bonchev–Trinajstić information content (AvgIpc) is 2.58. The molecule has 1 atom stereocenters. The van der Waals surface area contributed by atoms with Gasteiger partial charge in [0, 0.05) is 5.56 Å². The van der Waals surface area contributed by atoms with Gasteiger partial charge in [0.2, 0.25) is 0 Å². The number of halogens is 2. The highest BCUT2D eigenvalue weighted by atomic mass is 35.5. The van der Waals surface area contributed by atoms with Crippen LogP contribution in [0.4, 0.5) is 0 Å². The van der Waals surface area contributed by atoms with Gasteiger partial charge >= 0.3 is 0 Å². The van der Waals surface area contributed by atoms with E-state index in [2.05, 4.69) is 10.6 Å². The monoisotopic (exact) mass is 270 g/mol. The number of carbonyl (C=O) groups is 2. The Bertz CT molecular complexity index is 499. The topological polar surface area (TPSA) is 58.2 Å². The molecule has 0 saturated carbocycles. The maximum atomic E-state index is 11.8. The van der Waals surface area contributed by atoms with Gasteiger partial charge in [0.15, 0.2) is 0 Å². The van der Waals surface area contributed by atoms with Gasteiger partial charge in [0.25, 0.3) is 11.8 Å². The highest BCUT2D eigenvalue weighted by Gasteiger charge is 2.30. The Kier molecular flexibility index (Phi) is 3.36. The molecule has 6 heteroatoms. The van der Waals surface area contributed by atoms with Gasteiger partial charge in [0.1, 0.15) is 11.2 Å². The fraction of sp³-hybridized carbons (Fsp3) is 0.0909. The van der Waals surface area contributed by atoms with Crippen LogP contribution < -0.4 is 10.6 Å². The first kappa shape index (κ1) is 12.0. The van der Waals surface area contributed by atoms with E-state index in [-0.39, 0.29) is 16.0 Å². The molecule has 0 aromatic heterocycles. The molecule has 4 nitrogen and oxygen atoms in total. The largest absolute Gasteiger partial charge is 0.327 e. The van der Waals surface area contributed by atoms with E-state index in [9.17, 15) is 9.59 Å². The van der Waals surface area contributed by atoms with Gasteiger partial charge in [0.05, 0.1) is 5.03 Å². The number of carbonyl (C=O) groups excluding carboxylic acids is 2. The van der Waals surface area contributed by atoms with Crippen molar-refractivity contribution in [2.45, 2.75) is 6.17 Å². The number of benzene rings is 1. The van der Waals surface area contributed by atoms with Crippen LogP contribution in [0.25, 0.3) is 0 Å². The van der Waals surface area contributed by atoms with E-state index in [1.165, 1.54) is 0 Å². The molecule has 0 aliphatic carbocycles. The van der Waals surface area contributed by atoms with Gasteiger partial charge in [-0.3, -0.25) is 9.59 Å². The smallest absolute Gasteiger partial charge is 0.266 e. The van der Waals surface area contributed by atoms with E-state index < -0.39 is 12.1 Å². The van der Waals surface area contributed by atoms with Crippen LogP contribution >= 0.6 is 23.2 Å². The maximum Gasteiger partial charge on any atom is 0.266 e. The lowest BCUT2D eigenvalue weighted by Crippen LogP contribution is -2.44. The van der Waals surface area contributed by atoms with Crippen LogP contribution in [0, 0.1) is 0 Å². The molecule has 2 rings (SSSR count). The van der Waals surface area contributed by atoms with Crippen molar-refractivity contribution < 1.29 is 9.59 Å². The zero-order valence-corrected chi connectivity index (χ0v) is 10.0. The van der Waals surface area contributed by atoms with Crippen LogP contribution in [-0.2, 0) is 4.79 Å². The van der Waals surface area contributed by atoms with E-state index in [1.54, 1.807) is 30.3 Å². The second kappa shape index (κ2) is 4.77. The summed E-state index contributed by atoms with van der Waals surface area (Å²) in [6.45, 7) is 0. The van der Waals surface area contributed by atoms with Crippen molar-refractivity contribution in [1.29, 1.82) is 0 Å². The molecule has 0 saturated heterocycles. The lowest BCUT2D eigenvalue weighted by molar-refractivity contribution is -0.116. The Morgan fingerprint density at radius 3 is 2.41 bits per heavy atom. The Balaban J connectivity index is 2.09. The number of rotatable bonds is 2. The van der Waals surface area contributed by atoms with Crippen molar-refractivity contribution in [2.24, 2.45) is 0 Å². The molecule has 0 fully saturated rings. The summed E-state index contributed by atoms with van der Waals surface area (Å²) in [5, 5.41) is 5.01. The molecule has 0 unspecified atom stereocenters. The molecule has 0 bridgehead atoms. The van der Waals surface area contributed by atoms with E-state index in [4.69, 9.17) is 23.2 Å². The summed E-state index contributed by atoms with van der Waals surface area (Å²) in [5.41, 5.74) is 0.481. The summed E-state index contributed by atoms with van der Waals surface area (Å²) >= 11 is 11.4. The molecule has 2 N–H and O–H groups in total. The highest BCUT2D eigenvalue weighted by molar-refractivity contribution is 6.49. The van der Waals surface area contributed by atoms with Crippen LogP contribution in [0.3, 0.4) is 0 Å². The molecule has 1 aliphatic heterocycles. The molecule has 88 valence electrons. The molecule has 0 radical (unpaired) electrons. The first-order valence-electron chi connectivity index (χ1n) is 4.81. The van der Waals surface area contributed by atoms with Gasteiger partial charge in [-0.05, 0) is 12.1 Å². The molecule has 17 heavy (non-hydrogen) atoms. The molecular formula is C11H8Cl2N2O2. The predicted octanol–water partition coefficient (Wildman–Crippen LogP) is 1.56. The Morgan fingerprint density at radius 1 is 1.24 bits per heavy atom. The SMILES string of the molecule is O=C1N[C@H](NC(=O)c2ccccc2)C(Cl)=C1Cl. The maximum absolute atomic E-state index is 11.8. The summed E-state index contributed by atoms with van der Waals surface area (Å²) in [5.74, 6) is -0.824. The van der Waals surface area contributed by atoms with E-state index in [0.29, 0.717) is 5.56 Å². The summed E-state index contributed by atoms with van der Waals surface area (Å²) < 4.78 is 0. The molecular weight excluding hydrogens is 263 g/mol. The van der Waals surface area contributed by atoms with Crippen molar-refractivity contribution >= 4 is 35.0 Å². The summed E-state index contributed by atoms with van der Waals surface area (Å²) in [6, 6.07) is 8.60. The average molecular weight is 271 g/mol. The van der Waals surface area contributed by atoms with Gasteiger partial charge in [-0.2, -0.15) is 0 Å². The molecule has 1 aromatic rings. The number of hydrogen-bond donors (Lipinski definition) is 2. The highest BCUT2D eigenvalue weighted by Crippen LogP contribution is 2.22. The lowest BCUT2D eigenvalue weighted by Gasteiger charge is -2.13. The molecule has 0 spiro atoms. The van der Waals surface area contributed by atoms with Gasteiger partial charge in [-0.25, -0.2) is 0 Å². The van der Waals surface area contributed by atoms with E-state index in [0.717, 1.165) is 0 Å². The number of amides is 2. The Morgan fingerprint density at radius 2 is 1.88 bits per heavy atom. The van der Waals surface area contributed by atoms with Crippen molar-refractivity contribution in [1.82, 2.24) is 10.6 Å². The Hall–Kier alpha value is -1.52. The zero-order valence-electron chi connectivity index (χ0n) is 8.54. The number of nitrogens with one attached hydrogen (secondary N) is 2. The predicted molar refractivity (Wildman–Crippen MR) is 64.6 cm³/mol. The summed E-state index contributed by atoms with van der Waals surface area (Å²) in [7, 11) is 0. The van der Waals surface area contributed by atoms with E-state index >= 15 is 0 Å². The third-order valence-electron chi connectivity index (χ3n) is 2.25. The van der Waals surface area contributed by atoms with Crippen LogP contribution in [0.1, 0.15) is 10.4 Å². The second-order valence-corrected chi connectivity index (χ2v) is 4.19. The van der Waals surface area contributed by atoms with Crippen molar-refractivity contribution in [3.05, 3.63) is 46.0 Å². The normalized spacial score (nSPS) is 19.2. The molecule has 2 amide bonds.